The van der Waals surface area contributed by atoms with E-state index < -0.39 is 5.60 Å². The van der Waals surface area contributed by atoms with Crippen molar-refractivity contribution in [3.63, 3.8) is 0 Å². The van der Waals surface area contributed by atoms with Crippen molar-refractivity contribution in [1.82, 2.24) is 5.32 Å². The Hall–Kier alpha value is -0.420. The lowest BCUT2D eigenvalue weighted by Crippen LogP contribution is -2.33. The molecule has 0 aromatic heterocycles. The van der Waals surface area contributed by atoms with E-state index in [0.717, 1.165) is 12.8 Å². The largest absolute Gasteiger partial charge is 0.444 e. The highest BCUT2D eigenvalue weighted by molar-refractivity contribution is 7.75. The minimum Gasteiger partial charge on any atom is -0.444 e. The first kappa shape index (κ1) is 13.6. The normalized spacial score (nSPS) is 11.1. The molecule has 0 saturated heterocycles. The first-order valence-electron chi connectivity index (χ1n) is 4.69. The zero-order valence-electron chi connectivity index (χ0n) is 9.00. The van der Waals surface area contributed by atoms with Crippen LogP contribution in [0.3, 0.4) is 0 Å². The fourth-order valence-corrected chi connectivity index (χ4v) is 0.925. The van der Waals surface area contributed by atoms with E-state index in [9.17, 15) is 4.79 Å². The highest BCUT2D eigenvalue weighted by Crippen LogP contribution is 2.06. The van der Waals surface area contributed by atoms with Gasteiger partial charge in [-0.05, 0) is 46.5 Å². The minimum atomic E-state index is -0.432. The summed E-state index contributed by atoms with van der Waals surface area (Å²) in [6, 6.07) is 0. The number of ether oxygens (including phenoxy) is 1. The summed E-state index contributed by atoms with van der Waals surface area (Å²) in [5.41, 5.74) is -0.432. The van der Waals surface area contributed by atoms with Crippen LogP contribution < -0.4 is 5.32 Å². The van der Waals surface area contributed by atoms with E-state index in [4.69, 9.17) is 4.74 Å². The van der Waals surface area contributed by atoms with Gasteiger partial charge in [0, 0.05) is 6.54 Å². The number of rotatable bonds is 5. The van der Waals surface area contributed by atoms with Crippen LogP contribution in [0.25, 0.3) is 0 Å². The van der Waals surface area contributed by atoms with Gasteiger partial charge < -0.3 is 14.2 Å². The van der Waals surface area contributed by atoms with Crippen molar-refractivity contribution in [2.24, 2.45) is 0 Å². The molecule has 4 nitrogen and oxygen atoms in total. The van der Waals surface area contributed by atoms with Crippen molar-refractivity contribution in [2.75, 3.05) is 13.2 Å². The summed E-state index contributed by atoms with van der Waals surface area (Å²) in [4.78, 5) is 11.1. The number of unbranched alkanes of at least 4 members (excludes halogenated alkanes) is 1. The molecular weight excluding hydrogens is 202 g/mol. The summed E-state index contributed by atoms with van der Waals surface area (Å²) in [5, 5.41) is 2.66. The molecule has 0 fully saturated rings. The Balaban J connectivity index is 3.36. The zero-order chi connectivity index (χ0) is 11.0. The summed E-state index contributed by atoms with van der Waals surface area (Å²) in [6.07, 6.45) is 1.36. The van der Waals surface area contributed by atoms with Crippen LogP contribution in [0.15, 0.2) is 0 Å². The molecule has 84 valence electrons. The van der Waals surface area contributed by atoms with E-state index in [0.29, 0.717) is 13.2 Å². The average molecular weight is 221 g/mol. The maximum absolute atomic E-state index is 11.1. The monoisotopic (exact) mass is 221 g/mol. The molecule has 1 N–H and O–H groups in total. The van der Waals surface area contributed by atoms with Gasteiger partial charge in [-0.1, -0.05) is 0 Å². The lowest BCUT2D eigenvalue weighted by atomic mass is 10.2. The summed E-state index contributed by atoms with van der Waals surface area (Å²) >= 11 is 3.61. The van der Waals surface area contributed by atoms with Gasteiger partial charge >= 0.3 is 6.09 Å². The fourth-order valence-electron chi connectivity index (χ4n) is 0.796. The zero-order valence-corrected chi connectivity index (χ0v) is 9.89. The molecule has 0 rings (SSSR count). The third kappa shape index (κ3) is 9.67. The number of hydrogen-bond donors (Lipinski definition) is 2. The molecule has 0 spiro atoms. The molecule has 1 amide bonds. The summed E-state index contributed by atoms with van der Waals surface area (Å²) in [7, 11) is 0. The molecule has 0 bridgehead atoms. The Morgan fingerprint density at radius 3 is 2.50 bits per heavy atom. The van der Waals surface area contributed by atoms with Gasteiger partial charge in [0.1, 0.15) is 5.60 Å². The number of carbonyl (C=O) groups is 1. The minimum absolute atomic E-state index is 0.371. The molecule has 0 heterocycles. The van der Waals surface area contributed by atoms with Crippen LogP contribution in [0.5, 0.6) is 0 Å². The predicted octanol–water partition coefficient (Wildman–Crippen LogP) is 2.15. The molecule has 0 unspecified atom stereocenters. The Morgan fingerprint density at radius 2 is 2.00 bits per heavy atom. The Morgan fingerprint density at radius 1 is 1.36 bits per heavy atom. The number of amides is 1. The van der Waals surface area contributed by atoms with Crippen LogP contribution in [-0.2, 0) is 8.92 Å². The van der Waals surface area contributed by atoms with Crippen LogP contribution in [-0.4, -0.2) is 24.8 Å². The van der Waals surface area contributed by atoms with Gasteiger partial charge in [0.2, 0.25) is 0 Å². The number of hydrogen-bond acceptors (Lipinski definition) is 4. The molecule has 0 aliphatic rings. The smallest absolute Gasteiger partial charge is 0.407 e. The molecular formula is C9H19NO3S. The summed E-state index contributed by atoms with van der Waals surface area (Å²) in [6.45, 7) is 6.70. The Labute approximate surface area is 91.0 Å². The average Bonchev–Trinajstić information content (AvgIpc) is 2.00. The van der Waals surface area contributed by atoms with Crippen molar-refractivity contribution >= 4 is 19.0 Å². The van der Waals surface area contributed by atoms with E-state index in [1.807, 2.05) is 20.8 Å². The SMILES string of the molecule is CC(C)(C)OC(=O)NCCCCOS. The molecule has 5 heteroatoms. The van der Waals surface area contributed by atoms with Crippen molar-refractivity contribution in [3.05, 3.63) is 0 Å². The third-order valence-corrected chi connectivity index (χ3v) is 1.51. The van der Waals surface area contributed by atoms with Crippen LogP contribution in [0, 0.1) is 0 Å². The standard InChI is InChI=1S/C9H19NO3S/c1-9(2,3)13-8(11)10-6-4-5-7-12-14/h14H,4-7H2,1-3H3,(H,10,11). The van der Waals surface area contributed by atoms with Crippen molar-refractivity contribution in [2.45, 2.75) is 39.2 Å². The number of carbonyl (C=O) groups excluding carboxylic acids is 1. The van der Waals surface area contributed by atoms with Gasteiger partial charge in [0.15, 0.2) is 0 Å². The number of alkyl carbamates (subject to hydrolysis) is 1. The second kappa shape index (κ2) is 6.95. The molecule has 0 radical (unpaired) electrons. The van der Waals surface area contributed by atoms with E-state index in [2.05, 4.69) is 22.4 Å². The quantitative estimate of drug-likeness (QED) is 0.425. The van der Waals surface area contributed by atoms with Crippen molar-refractivity contribution < 1.29 is 13.7 Å². The van der Waals surface area contributed by atoms with E-state index in [1.54, 1.807) is 0 Å². The van der Waals surface area contributed by atoms with Crippen LogP contribution in [0.4, 0.5) is 4.79 Å². The molecule has 0 saturated carbocycles. The van der Waals surface area contributed by atoms with Crippen LogP contribution >= 0.6 is 12.9 Å². The number of nitrogens with one attached hydrogen (secondary N) is 1. The van der Waals surface area contributed by atoms with Crippen LogP contribution in [0.1, 0.15) is 33.6 Å². The highest BCUT2D eigenvalue weighted by atomic mass is 32.1. The first-order chi connectivity index (χ1) is 6.45. The van der Waals surface area contributed by atoms with Gasteiger partial charge in [-0.2, -0.15) is 0 Å². The van der Waals surface area contributed by atoms with Gasteiger partial charge in [-0.3, -0.25) is 0 Å². The topological polar surface area (TPSA) is 47.6 Å². The van der Waals surface area contributed by atoms with E-state index in [1.165, 1.54) is 0 Å². The van der Waals surface area contributed by atoms with E-state index >= 15 is 0 Å². The molecule has 0 aromatic carbocycles. The van der Waals surface area contributed by atoms with E-state index in [-0.39, 0.29) is 6.09 Å². The molecule has 0 aromatic rings. The van der Waals surface area contributed by atoms with Crippen molar-refractivity contribution in [1.29, 1.82) is 0 Å². The molecule has 0 atom stereocenters. The molecule has 0 aliphatic carbocycles. The van der Waals surface area contributed by atoms with Gasteiger partial charge in [-0.25, -0.2) is 4.79 Å². The summed E-state index contributed by atoms with van der Waals surface area (Å²) < 4.78 is 9.63. The fraction of sp³-hybridized carbons (Fsp3) is 0.889. The van der Waals surface area contributed by atoms with Crippen LogP contribution in [0.2, 0.25) is 0 Å². The van der Waals surface area contributed by atoms with Gasteiger partial charge in [0.05, 0.1) is 6.61 Å². The van der Waals surface area contributed by atoms with Gasteiger partial charge in [0.25, 0.3) is 0 Å². The maximum Gasteiger partial charge on any atom is 0.407 e. The third-order valence-electron chi connectivity index (χ3n) is 1.33. The lowest BCUT2D eigenvalue weighted by Gasteiger charge is -2.19. The second-order valence-corrected chi connectivity index (χ2v) is 4.23. The highest BCUT2D eigenvalue weighted by Gasteiger charge is 2.15. The Bertz CT molecular complexity index is 168. The second-order valence-electron chi connectivity index (χ2n) is 3.97. The molecule has 14 heavy (non-hydrogen) atoms. The Kier molecular flexibility index (Phi) is 6.74. The van der Waals surface area contributed by atoms with Crippen molar-refractivity contribution in [3.8, 4) is 0 Å². The number of thiol groups is 1. The predicted molar refractivity (Wildman–Crippen MR) is 58.4 cm³/mol. The summed E-state index contributed by atoms with van der Waals surface area (Å²) in [5.74, 6) is 0. The molecule has 0 aliphatic heterocycles. The van der Waals surface area contributed by atoms with Gasteiger partial charge in [-0.15, -0.1) is 0 Å². The lowest BCUT2D eigenvalue weighted by molar-refractivity contribution is 0.0526. The maximum atomic E-state index is 11.1. The first-order valence-corrected chi connectivity index (χ1v) is 5.05.